The highest BCUT2D eigenvalue weighted by atomic mass is 35.5. The van der Waals surface area contributed by atoms with Gasteiger partial charge in [0.2, 0.25) is 5.89 Å². The van der Waals surface area contributed by atoms with Crippen LogP contribution in [0, 0.1) is 5.92 Å². The number of halogens is 1. The molecule has 0 aliphatic carbocycles. The predicted molar refractivity (Wildman–Crippen MR) is 84.3 cm³/mol. The Morgan fingerprint density at radius 2 is 2.33 bits per heavy atom. The lowest BCUT2D eigenvalue weighted by molar-refractivity contribution is -0.143. The monoisotopic (exact) mass is 325 g/mol. The maximum atomic E-state index is 11.3. The van der Waals surface area contributed by atoms with Crippen LogP contribution in [0.4, 0.5) is 0 Å². The normalized spacial score (nSPS) is 12.1. The van der Waals surface area contributed by atoms with Gasteiger partial charge in [-0.3, -0.25) is 4.79 Å². The minimum absolute atomic E-state index is 0.126. The van der Waals surface area contributed by atoms with Gasteiger partial charge < -0.3 is 9.15 Å². The summed E-state index contributed by atoms with van der Waals surface area (Å²) in [6.45, 7) is 1.85. The second kappa shape index (κ2) is 7.52. The van der Waals surface area contributed by atoms with Gasteiger partial charge in [0.05, 0.1) is 18.7 Å². The number of nitrogens with zero attached hydrogens (tertiary/aromatic N) is 1. The highest BCUT2D eigenvalue weighted by molar-refractivity contribution is 7.98. The first-order valence-corrected chi connectivity index (χ1v) is 7.99. The molecule has 0 N–H and O–H groups in total. The predicted octanol–water partition coefficient (Wildman–Crippen LogP) is 4.04. The van der Waals surface area contributed by atoms with Crippen LogP contribution in [0.3, 0.4) is 0 Å². The topological polar surface area (TPSA) is 52.3 Å². The first-order valence-electron chi connectivity index (χ1n) is 6.46. The number of ether oxygens (including phenoxy) is 1. The summed E-state index contributed by atoms with van der Waals surface area (Å²) in [5.74, 6) is 1.60. The van der Waals surface area contributed by atoms with Crippen LogP contribution in [0.25, 0.3) is 11.5 Å². The second-order valence-electron chi connectivity index (χ2n) is 4.59. The van der Waals surface area contributed by atoms with Crippen LogP contribution in [0.1, 0.15) is 12.6 Å². The van der Waals surface area contributed by atoms with Crippen molar-refractivity contribution < 1.29 is 13.9 Å². The molecule has 1 aromatic carbocycles. The summed E-state index contributed by atoms with van der Waals surface area (Å²) in [6.07, 6.45) is 1.63. The van der Waals surface area contributed by atoms with E-state index in [-0.39, 0.29) is 11.9 Å². The van der Waals surface area contributed by atoms with Gasteiger partial charge in [0.25, 0.3) is 0 Å². The largest absolute Gasteiger partial charge is 0.469 e. The van der Waals surface area contributed by atoms with Crippen molar-refractivity contribution in [2.45, 2.75) is 12.7 Å². The highest BCUT2D eigenvalue weighted by Crippen LogP contribution is 2.24. The molecule has 112 valence electrons. The van der Waals surface area contributed by atoms with Gasteiger partial charge in [-0.05, 0) is 18.2 Å². The van der Waals surface area contributed by atoms with Crippen LogP contribution in [0.5, 0.6) is 0 Å². The Hall–Kier alpha value is -1.46. The van der Waals surface area contributed by atoms with Gasteiger partial charge in [0.15, 0.2) is 0 Å². The molecule has 4 nitrogen and oxygen atoms in total. The molecule has 0 radical (unpaired) electrons. The van der Waals surface area contributed by atoms with E-state index in [9.17, 15) is 4.79 Å². The molecule has 0 amide bonds. The third-order valence-corrected chi connectivity index (χ3v) is 4.32. The van der Waals surface area contributed by atoms with E-state index in [4.69, 9.17) is 16.0 Å². The van der Waals surface area contributed by atoms with Crippen molar-refractivity contribution >= 4 is 29.3 Å². The van der Waals surface area contributed by atoms with E-state index < -0.39 is 0 Å². The van der Waals surface area contributed by atoms with Crippen LogP contribution in [0.15, 0.2) is 34.9 Å². The molecule has 2 rings (SSSR count). The van der Waals surface area contributed by atoms with Gasteiger partial charge in [-0.25, -0.2) is 4.98 Å². The summed E-state index contributed by atoms with van der Waals surface area (Å²) in [5.41, 5.74) is 1.69. The summed E-state index contributed by atoms with van der Waals surface area (Å²) in [7, 11) is 1.40. The van der Waals surface area contributed by atoms with E-state index >= 15 is 0 Å². The summed E-state index contributed by atoms with van der Waals surface area (Å²) in [5, 5.41) is 0.647. The number of benzene rings is 1. The minimum atomic E-state index is -0.192. The smallest absolute Gasteiger partial charge is 0.309 e. The number of thioether (sulfide) groups is 1. The van der Waals surface area contributed by atoms with Crippen molar-refractivity contribution in [3.63, 3.8) is 0 Å². The first-order chi connectivity index (χ1) is 10.1. The van der Waals surface area contributed by atoms with Crippen molar-refractivity contribution in [3.8, 4) is 11.5 Å². The first kappa shape index (κ1) is 15.9. The van der Waals surface area contributed by atoms with Gasteiger partial charge >= 0.3 is 5.97 Å². The Bertz CT molecular complexity index is 614. The number of hydrogen-bond donors (Lipinski definition) is 0. The van der Waals surface area contributed by atoms with Crippen LogP contribution in [-0.2, 0) is 15.3 Å². The number of hydrogen-bond acceptors (Lipinski definition) is 5. The lowest BCUT2D eigenvalue weighted by Crippen LogP contribution is -2.14. The molecule has 1 atom stereocenters. The average Bonchev–Trinajstić information content (AvgIpc) is 2.95. The quantitative estimate of drug-likeness (QED) is 0.750. The standard InChI is InChI=1S/C15H16ClNO3S/c1-10(15(18)19-2)8-21-9-13-7-20-14(17-13)11-4-3-5-12(16)6-11/h3-7,10H,8-9H2,1-2H3. The van der Waals surface area contributed by atoms with Gasteiger partial charge in [0, 0.05) is 22.1 Å². The fraction of sp³-hybridized carbons (Fsp3) is 0.333. The molecule has 1 unspecified atom stereocenters. The lowest BCUT2D eigenvalue weighted by Gasteiger charge is -2.07. The SMILES string of the molecule is COC(=O)C(C)CSCc1coc(-c2cccc(Cl)c2)n1. The molecule has 0 spiro atoms. The number of rotatable bonds is 6. The van der Waals surface area contributed by atoms with Crippen molar-refractivity contribution in [2.75, 3.05) is 12.9 Å². The second-order valence-corrected chi connectivity index (χ2v) is 6.06. The third-order valence-electron chi connectivity index (χ3n) is 2.84. The van der Waals surface area contributed by atoms with Gasteiger partial charge in [-0.15, -0.1) is 0 Å². The highest BCUT2D eigenvalue weighted by Gasteiger charge is 2.13. The van der Waals surface area contributed by atoms with Gasteiger partial charge in [-0.2, -0.15) is 11.8 Å². The van der Waals surface area contributed by atoms with E-state index in [1.807, 2.05) is 25.1 Å². The van der Waals surface area contributed by atoms with Crippen LogP contribution < -0.4 is 0 Å². The molecule has 0 saturated carbocycles. The number of methoxy groups -OCH3 is 1. The zero-order valence-corrected chi connectivity index (χ0v) is 13.4. The Balaban J connectivity index is 1.90. The molecule has 0 aliphatic heterocycles. The van der Waals surface area contributed by atoms with Crippen molar-refractivity contribution in [2.24, 2.45) is 5.92 Å². The van der Waals surface area contributed by atoms with E-state index in [2.05, 4.69) is 9.72 Å². The molecule has 6 heteroatoms. The molecule has 0 saturated heterocycles. The Labute approximate surface area is 132 Å². The fourth-order valence-electron chi connectivity index (χ4n) is 1.74. The molecule has 0 bridgehead atoms. The molecular weight excluding hydrogens is 310 g/mol. The summed E-state index contributed by atoms with van der Waals surface area (Å²) in [4.78, 5) is 15.7. The van der Waals surface area contributed by atoms with Crippen molar-refractivity contribution in [3.05, 3.63) is 41.2 Å². The average molecular weight is 326 g/mol. The van der Waals surface area contributed by atoms with E-state index in [1.165, 1.54) is 7.11 Å². The lowest BCUT2D eigenvalue weighted by atomic mass is 10.2. The van der Waals surface area contributed by atoms with E-state index in [0.717, 1.165) is 11.3 Å². The Morgan fingerprint density at radius 3 is 3.05 bits per heavy atom. The number of carbonyl (C=O) groups is 1. The molecule has 0 fully saturated rings. The van der Waals surface area contributed by atoms with E-state index in [1.54, 1.807) is 24.1 Å². The van der Waals surface area contributed by atoms with Gasteiger partial charge in [0.1, 0.15) is 6.26 Å². The minimum Gasteiger partial charge on any atom is -0.469 e. The zero-order valence-electron chi connectivity index (χ0n) is 11.8. The Morgan fingerprint density at radius 1 is 1.52 bits per heavy atom. The number of aromatic nitrogens is 1. The summed E-state index contributed by atoms with van der Waals surface area (Å²) in [6, 6.07) is 7.37. The van der Waals surface area contributed by atoms with E-state index in [0.29, 0.717) is 22.4 Å². The number of oxazole rings is 1. The fourth-order valence-corrected chi connectivity index (χ4v) is 2.88. The molecular formula is C15H16ClNO3S. The molecule has 21 heavy (non-hydrogen) atoms. The van der Waals surface area contributed by atoms with Gasteiger partial charge in [-0.1, -0.05) is 24.6 Å². The summed E-state index contributed by atoms with van der Waals surface area (Å²) >= 11 is 7.57. The number of esters is 1. The maximum Gasteiger partial charge on any atom is 0.309 e. The maximum absolute atomic E-state index is 11.3. The van der Waals surface area contributed by atoms with Crippen molar-refractivity contribution in [1.29, 1.82) is 0 Å². The van der Waals surface area contributed by atoms with Crippen LogP contribution in [-0.4, -0.2) is 23.8 Å². The molecule has 1 aromatic heterocycles. The summed E-state index contributed by atoms with van der Waals surface area (Å²) < 4.78 is 10.1. The van der Waals surface area contributed by atoms with Crippen LogP contribution in [0.2, 0.25) is 5.02 Å². The van der Waals surface area contributed by atoms with Crippen LogP contribution >= 0.6 is 23.4 Å². The molecule has 0 aliphatic rings. The Kier molecular flexibility index (Phi) is 5.70. The number of carbonyl (C=O) groups excluding carboxylic acids is 1. The zero-order chi connectivity index (χ0) is 15.2. The van der Waals surface area contributed by atoms with Crippen molar-refractivity contribution in [1.82, 2.24) is 4.98 Å². The molecule has 2 aromatic rings. The molecule has 1 heterocycles. The third kappa shape index (κ3) is 4.51.